The molecule has 12 heteroatoms. The van der Waals surface area contributed by atoms with Gasteiger partial charge in [-0.3, -0.25) is 19.6 Å². The van der Waals surface area contributed by atoms with Crippen molar-refractivity contribution in [3.05, 3.63) is 99.1 Å². The maximum atomic E-state index is 14.0. The number of aromatic nitrogens is 4. The summed E-state index contributed by atoms with van der Waals surface area (Å²) in [5.74, 6) is -1.81. The van der Waals surface area contributed by atoms with Crippen molar-refractivity contribution < 1.29 is 23.2 Å². The van der Waals surface area contributed by atoms with Gasteiger partial charge in [-0.15, -0.1) is 0 Å². The maximum absolute atomic E-state index is 14.0. The molecule has 0 spiro atoms. The third-order valence-corrected chi connectivity index (χ3v) is 5.24. The number of hydrogen-bond donors (Lipinski definition) is 1. The van der Waals surface area contributed by atoms with Crippen LogP contribution in [-0.4, -0.2) is 30.4 Å². The summed E-state index contributed by atoms with van der Waals surface area (Å²) in [6.45, 7) is 3.40. The van der Waals surface area contributed by atoms with E-state index >= 15 is 0 Å². The molecule has 2 aromatic heterocycles. The Kier molecular flexibility index (Phi) is 6.53. The zero-order chi connectivity index (χ0) is 25.1. The Hall–Kier alpha value is -4.61. The molecule has 0 aliphatic heterocycles. The van der Waals surface area contributed by atoms with Gasteiger partial charge in [0.1, 0.15) is 11.6 Å². The first-order chi connectivity index (χ1) is 16.7. The second kappa shape index (κ2) is 9.71. The van der Waals surface area contributed by atoms with Gasteiger partial charge in [0.15, 0.2) is 12.4 Å². The van der Waals surface area contributed by atoms with Crippen molar-refractivity contribution in [3.63, 3.8) is 0 Å². The molecule has 4 rings (SSSR count). The summed E-state index contributed by atoms with van der Waals surface area (Å²) in [6, 6.07) is 10.7. The van der Waals surface area contributed by atoms with E-state index in [2.05, 4.69) is 15.5 Å². The SMILES string of the molecule is Cc1nn(Cc2ccccc2F)c(C)c1NC(=O)c1ccn(COc2cc(F)ccc2[N+](=O)[O-])n1. The van der Waals surface area contributed by atoms with Crippen molar-refractivity contribution in [1.29, 1.82) is 0 Å². The largest absolute Gasteiger partial charge is 0.464 e. The van der Waals surface area contributed by atoms with Crippen LogP contribution in [0.2, 0.25) is 0 Å². The maximum Gasteiger partial charge on any atom is 0.311 e. The number of halogens is 2. The summed E-state index contributed by atoms with van der Waals surface area (Å²) in [6.07, 6.45) is 1.45. The van der Waals surface area contributed by atoms with Crippen LogP contribution in [0.25, 0.3) is 0 Å². The number of rotatable bonds is 8. The van der Waals surface area contributed by atoms with Gasteiger partial charge in [0.05, 0.1) is 28.5 Å². The fourth-order valence-electron chi connectivity index (χ4n) is 3.44. The Morgan fingerprint density at radius 2 is 1.91 bits per heavy atom. The molecule has 10 nitrogen and oxygen atoms in total. The number of benzene rings is 2. The molecule has 0 saturated heterocycles. The number of amides is 1. The van der Waals surface area contributed by atoms with Gasteiger partial charge in [0.2, 0.25) is 5.75 Å². The minimum absolute atomic E-state index is 0.0583. The minimum atomic E-state index is -0.688. The molecule has 0 bridgehead atoms. The first-order valence-electron chi connectivity index (χ1n) is 10.4. The highest BCUT2D eigenvalue weighted by Crippen LogP contribution is 2.27. The van der Waals surface area contributed by atoms with Crippen LogP contribution in [0.15, 0.2) is 54.7 Å². The number of ether oxygens (including phenoxy) is 1. The van der Waals surface area contributed by atoms with Crippen LogP contribution in [0.1, 0.15) is 27.4 Å². The summed E-state index contributed by atoms with van der Waals surface area (Å²) in [7, 11) is 0. The van der Waals surface area contributed by atoms with Gasteiger partial charge in [-0.2, -0.15) is 10.2 Å². The zero-order valence-electron chi connectivity index (χ0n) is 18.7. The van der Waals surface area contributed by atoms with E-state index in [1.165, 1.54) is 23.0 Å². The number of nitrogens with zero attached hydrogens (tertiary/aromatic N) is 5. The second-order valence-corrected chi connectivity index (χ2v) is 7.63. The third-order valence-electron chi connectivity index (χ3n) is 5.24. The van der Waals surface area contributed by atoms with Crippen LogP contribution in [-0.2, 0) is 13.3 Å². The Labute approximate surface area is 197 Å². The number of aryl methyl sites for hydroxylation is 1. The number of nitro benzene ring substituents is 1. The molecule has 0 saturated carbocycles. The van der Waals surface area contributed by atoms with Crippen molar-refractivity contribution in [2.75, 3.05) is 5.32 Å². The molecule has 180 valence electrons. The smallest absolute Gasteiger partial charge is 0.311 e. The Balaban J connectivity index is 1.44. The van der Waals surface area contributed by atoms with Crippen LogP contribution < -0.4 is 10.1 Å². The molecule has 0 aliphatic carbocycles. The van der Waals surface area contributed by atoms with E-state index in [0.29, 0.717) is 22.6 Å². The molecule has 35 heavy (non-hydrogen) atoms. The molecule has 1 amide bonds. The molecule has 2 aromatic carbocycles. The van der Waals surface area contributed by atoms with Crippen molar-refractivity contribution in [1.82, 2.24) is 19.6 Å². The van der Waals surface area contributed by atoms with Crippen LogP contribution in [0.5, 0.6) is 5.75 Å². The fraction of sp³-hybridized carbons (Fsp3) is 0.174. The van der Waals surface area contributed by atoms with Gasteiger partial charge >= 0.3 is 5.69 Å². The van der Waals surface area contributed by atoms with Crippen LogP contribution in [0.4, 0.5) is 20.2 Å². The molecular formula is C23H20F2N6O4. The van der Waals surface area contributed by atoms with Crippen molar-refractivity contribution in [2.24, 2.45) is 0 Å². The molecule has 4 aromatic rings. The van der Waals surface area contributed by atoms with Crippen molar-refractivity contribution in [3.8, 4) is 5.75 Å². The lowest BCUT2D eigenvalue weighted by Gasteiger charge is -2.08. The average Bonchev–Trinajstić information content (AvgIpc) is 3.39. The minimum Gasteiger partial charge on any atom is -0.464 e. The quantitative estimate of drug-likeness (QED) is 0.297. The molecule has 0 aliphatic rings. The second-order valence-electron chi connectivity index (χ2n) is 7.63. The summed E-state index contributed by atoms with van der Waals surface area (Å²) >= 11 is 0. The summed E-state index contributed by atoms with van der Waals surface area (Å²) in [5, 5.41) is 22.4. The van der Waals surface area contributed by atoms with Crippen LogP contribution in [0.3, 0.4) is 0 Å². The van der Waals surface area contributed by atoms with Gasteiger partial charge < -0.3 is 10.1 Å². The topological polar surface area (TPSA) is 117 Å². The van der Waals surface area contributed by atoms with Gasteiger partial charge in [-0.05, 0) is 32.0 Å². The fourth-order valence-corrected chi connectivity index (χ4v) is 3.44. The van der Waals surface area contributed by atoms with E-state index in [4.69, 9.17) is 4.74 Å². The van der Waals surface area contributed by atoms with E-state index in [1.54, 1.807) is 36.7 Å². The lowest BCUT2D eigenvalue weighted by molar-refractivity contribution is -0.386. The Morgan fingerprint density at radius 1 is 1.14 bits per heavy atom. The number of nitrogens with one attached hydrogen (secondary N) is 1. The summed E-state index contributed by atoms with van der Waals surface area (Å²) < 4.78 is 35.6. The molecule has 0 fully saturated rings. The first kappa shape index (κ1) is 23.5. The summed E-state index contributed by atoms with van der Waals surface area (Å²) in [5.41, 5.74) is 1.80. The average molecular weight is 482 g/mol. The highest BCUT2D eigenvalue weighted by Gasteiger charge is 2.19. The van der Waals surface area contributed by atoms with Crippen molar-refractivity contribution in [2.45, 2.75) is 27.1 Å². The lowest BCUT2D eigenvalue weighted by Crippen LogP contribution is -2.15. The predicted octanol–water partition coefficient (Wildman–Crippen LogP) is 4.22. The van der Waals surface area contributed by atoms with Gasteiger partial charge in [-0.25, -0.2) is 13.5 Å². The van der Waals surface area contributed by atoms with Gasteiger partial charge in [0, 0.05) is 23.9 Å². The number of anilines is 1. The number of nitro groups is 1. The highest BCUT2D eigenvalue weighted by atomic mass is 19.1. The number of carbonyl (C=O) groups is 1. The van der Waals surface area contributed by atoms with Crippen molar-refractivity contribution >= 4 is 17.3 Å². The van der Waals surface area contributed by atoms with E-state index in [-0.39, 0.29) is 30.5 Å². The molecule has 0 radical (unpaired) electrons. The standard InChI is InChI=1S/C23H20F2N6O4/c1-14-22(15(2)30(27-14)12-16-5-3-4-6-18(16)25)26-23(32)19-9-10-29(28-19)13-35-21-11-17(24)7-8-20(21)31(33)34/h3-11H,12-13H2,1-2H3,(H,26,32). The molecule has 1 N–H and O–H groups in total. The molecule has 0 atom stereocenters. The van der Waals surface area contributed by atoms with E-state index in [0.717, 1.165) is 18.2 Å². The molecule has 2 heterocycles. The van der Waals surface area contributed by atoms with Crippen LogP contribution >= 0.6 is 0 Å². The van der Waals surface area contributed by atoms with E-state index in [9.17, 15) is 23.7 Å². The van der Waals surface area contributed by atoms with Gasteiger partial charge in [0.25, 0.3) is 5.91 Å². The Morgan fingerprint density at radius 3 is 2.66 bits per heavy atom. The molecular weight excluding hydrogens is 462 g/mol. The zero-order valence-corrected chi connectivity index (χ0v) is 18.7. The number of hydrogen-bond acceptors (Lipinski definition) is 6. The number of carbonyl (C=O) groups excluding carboxylic acids is 1. The predicted molar refractivity (Wildman–Crippen MR) is 121 cm³/mol. The summed E-state index contributed by atoms with van der Waals surface area (Å²) in [4.78, 5) is 23.2. The third kappa shape index (κ3) is 5.16. The lowest BCUT2D eigenvalue weighted by atomic mass is 10.2. The van der Waals surface area contributed by atoms with Crippen LogP contribution in [0, 0.1) is 35.6 Å². The monoisotopic (exact) mass is 482 g/mol. The molecule has 0 unspecified atom stereocenters. The van der Waals surface area contributed by atoms with E-state index < -0.39 is 22.3 Å². The normalized spacial score (nSPS) is 10.9. The van der Waals surface area contributed by atoms with Gasteiger partial charge in [-0.1, -0.05) is 18.2 Å². The first-order valence-corrected chi connectivity index (χ1v) is 10.4. The Bertz CT molecular complexity index is 1420. The highest BCUT2D eigenvalue weighted by molar-refractivity contribution is 6.03. The van der Waals surface area contributed by atoms with E-state index in [1.807, 2.05) is 0 Å².